The number of hydrogen-bond donors (Lipinski definition) is 3. The topological polar surface area (TPSA) is 83.2 Å². The molecule has 2 unspecified atom stereocenters. The molecule has 0 aliphatic carbocycles. The fraction of sp³-hybridized carbons (Fsp3) is 0.333. The molecule has 1 aliphatic rings. The van der Waals surface area contributed by atoms with Gasteiger partial charge in [-0.2, -0.15) is 0 Å². The highest BCUT2D eigenvalue weighted by Crippen LogP contribution is 2.36. The van der Waals surface area contributed by atoms with E-state index in [0.717, 1.165) is 16.5 Å². The molecule has 1 aliphatic heterocycles. The van der Waals surface area contributed by atoms with Gasteiger partial charge in [0.25, 0.3) is 11.8 Å². The molecule has 4 rings (SSSR count). The maximum absolute atomic E-state index is 15.7. The van der Waals surface area contributed by atoms with Gasteiger partial charge in [0.05, 0.1) is 12.2 Å². The molecule has 3 aromatic rings. The number of halogens is 1. The van der Waals surface area contributed by atoms with E-state index in [1.54, 1.807) is 37.5 Å². The SMILES string of the molecule is CNC(=O)c1ccc(CC2(F)CC(C)(NC(=O)c3c[nH]c4ccccc34)CCO2)cc1. The summed E-state index contributed by atoms with van der Waals surface area (Å²) < 4.78 is 21.2. The zero-order valence-electron chi connectivity index (χ0n) is 17.6. The third-order valence-electron chi connectivity index (χ3n) is 5.83. The van der Waals surface area contributed by atoms with Gasteiger partial charge in [0, 0.05) is 48.1 Å². The lowest BCUT2D eigenvalue weighted by Crippen LogP contribution is -2.55. The van der Waals surface area contributed by atoms with Gasteiger partial charge in [-0.25, -0.2) is 4.39 Å². The first-order valence-electron chi connectivity index (χ1n) is 10.3. The van der Waals surface area contributed by atoms with Crippen LogP contribution in [0, 0.1) is 0 Å². The number of carbonyl (C=O) groups excluding carboxylic acids is 2. The Balaban J connectivity index is 1.47. The van der Waals surface area contributed by atoms with Crippen molar-refractivity contribution in [1.82, 2.24) is 15.6 Å². The number of rotatable bonds is 5. The van der Waals surface area contributed by atoms with Gasteiger partial charge in [0.2, 0.25) is 5.85 Å². The Morgan fingerprint density at radius 3 is 2.61 bits per heavy atom. The largest absolute Gasteiger partial charge is 0.360 e. The molecule has 1 aromatic heterocycles. The number of ether oxygens (including phenoxy) is 1. The summed E-state index contributed by atoms with van der Waals surface area (Å²) in [5.41, 5.74) is 1.91. The van der Waals surface area contributed by atoms with Crippen molar-refractivity contribution in [1.29, 1.82) is 0 Å². The number of fused-ring (bicyclic) bond motifs is 1. The van der Waals surface area contributed by atoms with Crippen molar-refractivity contribution >= 4 is 22.7 Å². The van der Waals surface area contributed by atoms with E-state index in [9.17, 15) is 9.59 Å². The van der Waals surface area contributed by atoms with Crippen LogP contribution in [0.3, 0.4) is 0 Å². The van der Waals surface area contributed by atoms with Gasteiger partial charge in [-0.15, -0.1) is 0 Å². The highest BCUT2D eigenvalue weighted by molar-refractivity contribution is 6.06. The van der Waals surface area contributed by atoms with E-state index in [0.29, 0.717) is 17.5 Å². The molecular weight excluding hydrogens is 397 g/mol. The zero-order chi connectivity index (χ0) is 22.1. The summed E-state index contributed by atoms with van der Waals surface area (Å²) in [7, 11) is 1.56. The maximum atomic E-state index is 15.7. The molecule has 1 saturated heterocycles. The van der Waals surface area contributed by atoms with Crippen molar-refractivity contribution in [2.24, 2.45) is 0 Å². The summed E-state index contributed by atoms with van der Waals surface area (Å²) in [5.74, 6) is -2.34. The van der Waals surface area contributed by atoms with Crippen molar-refractivity contribution in [2.45, 2.75) is 37.6 Å². The first-order chi connectivity index (χ1) is 14.8. The average molecular weight is 423 g/mol. The van der Waals surface area contributed by atoms with Gasteiger partial charge < -0.3 is 20.4 Å². The van der Waals surface area contributed by atoms with E-state index in [1.807, 2.05) is 31.2 Å². The monoisotopic (exact) mass is 423 g/mol. The molecule has 2 amide bonds. The highest BCUT2D eigenvalue weighted by Gasteiger charge is 2.45. The van der Waals surface area contributed by atoms with E-state index >= 15 is 4.39 Å². The van der Waals surface area contributed by atoms with Crippen molar-refractivity contribution < 1.29 is 18.7 Å². The Hall–Kier alpha value is -3.19. The minimum atomic E-state index is -1.91. The van der Waals surface area contributed by atoms with E-state index in [4.69, 9.17) is 4.74 Å². The van der Waals surface area contributed by atoms with Gasteiger partial charge >= 0.3 is 0 Å². The third-order valence-corrected chi connectivity index (χ3v) is 5.83. The molecule has 3 N–H and O–H groups in total. The zero-order valence-corrected chi connectivity index (χ0v) is 17.6. The minimum absolute atomic E-state index is 0.0330. The summed E-state index contributed by atoms with van der Waals surface area (Å²) in [6.45, 7) is 2.06. The Bertz CT molecular complexity index is 1110. The van der Waals surface area contributed by atoms with Crippen LogP contribution in [0.2, 0.25) is 0 Å². The summed E-state index contributed by atoms with van der Waals surface area (Å²) >= 11 is 0. The van der Waals surface area contributed by atoms with E-state index in [1.165, 1.54) is 0 Å². The molecule has 2 heterocycles. The van der Waals surface area contributed by atoms with Crippen LogP contribution in [0.1, 0.15) is 46.0 Å². The quantitative estimate of drug-likeness (QED) is 0.585. The van der Waals surface area contributed by atoms with E-state index in [-0.39, 0.29) is 31.3 Å². The van der Waals surface area contributed by atoms with Gasteiger partial charge in [0.1, 0.15) is 0 Å². The van der Waals surface area contributed by atoms with Crippen molar-refractivity contribution in [3.63, 3.8) is 0 Å². The van der Waals surface area contributed by atoms with Crippen LogP contribution < -0.4 is 10.6 Å². The number of aromatic nitrogens is 1. The fourth-order valence-corrected chi connectivity index (χ4v) is 4.23. The molecular formula is C24H26FN3O3. The lowest BCUT2D eigenvalue weighted by atomic mass is 9.84. The number of para-hydroxylation sites is 1. The van der Waals surface area contributed by atoms with Crippen LogP contribution in [0.15, 0.2) is 54.7 Å². The predicted molar refractivity (Wildman–Crippen MR) is 117 cm³/mol. The molecule has 7 heteroatoms. The summed E-state index contributed by atoms with van der Waals surface area (Å²) in [6.07, 6.45) is 2.27. The molecule has 31 heavy (non-hydrogen) atoms. The molecule has 6 nitrogen and oxygen atoms in total. The van der Waals surface area contributed by atoms with E-state index < -0.39 is 11.4 Å². The lowest BCUT2D eigenvalue weighted by Gasteiger charge is -2.42. The van der Waals surface area contributed by atoms with Gasteiger partial charge in [-0.3, -0.25) is 9.59 Å². The number of carbonyl (C=O) groups is 2. The van der Waals surface area contributed by atoms with Crippen LogP contribution in [-0.4, -0.2) is 41.8 Å². The number of hydrogen-bond acceptors (Lipinski definition) is 3. The van der Waals surface area contributed by atoms with Gasteiger partial charge in [-0.1, -0.05) is 30.3 Å². The fourth-order valence-electron chi connectivity index (χ4n) is 4.23. The first-order valence-corrected chi connectivity index (χ1v) is 10.3. The third kappa shape index (κ3) is 4.46. The summed E-state index contributed by atoms with van der Waals surface area (Å²) in [5, 5.41) is 6.42. The molecule has 0 saturated carbocycles. The summed E-state index contributed by atoms with van der Waals surface area (Å²) in [4.78, 5) is 27.7. The second-order valence-corrected chi connectivity index (χ2v) is 8.37. The van der Waals surface area contributed by atoms with E-state index in [2.05, 4.69) is 15.6 Å². The van der Waals surface area contributed by atoms with Crippen LogP contribution in [0.4, 0.5) is 4.39 Å². The second-order valence-electron chi connectivity index (χ2n) is 8.37. The first kappa shape index (κ1) is 21.1. The van der Waals surface area contributed by atoms with Gasteiger partial charge in [-0.05, 0) is 37.1 Å². The number of benzene rings is 2. The lowest BCUT2D eigenvalue weighted by molar-refractivity contribution is -0.188. The maximum Gasteiger partial charge on any atom is 0.253 e. The number of alkyl halides is 1. The highest BCUT2D eigenvalue weighted by atomic mass is 19.2. The van der Waals surface area contributed by atoms with Crippen molar-refractivity contribution in [2.75, 3.05) is 13.7 Å². The predicted octanol–water partition coefficient (Wildman–Crippen LogP) is 3.73. The van der Waals surface area contributed by atoms with Crippen molar-refractivity contribution in [3.8, 4) is 0 Å². The number of H-pyrrole nitrogens is 1. The average Bonchev–Trinajstić information content (AvgIpc) is 3.17. The Labute approximate surface area is 180 Å². The van der Waals surface area contributed by atoms with Gasteiger partial charge in [0.15, 0.2) is 0 Å². The smallest absolute Gasteiger partial charge is 0.253 e. The molecule has 0 spiro atoms. The standard InChI is InChI=1S/C24H26FN3O3/c1-23(28-22(30)19-14-27-20-6-4-3-5-18(19)20)11-12-31-24(25,15-23)13-16-7-9-17(10-8-16)21(29)26-2/h3-10,14,27H,11-13,15H2,1-2H3,(H,26,29)(H,28,30). The van der Waals surface area contributed by atoms with Crippen LogP contribution in [0.5, 0.6) is 0 Å². The molecule has 162 valence electrons. The minimum Gasteiger partial charge on any atom is -0.360 e. The number of aromatic amines is 1. The second kappa shape index (κ2) is 8.15. The molecule has 0 bridgehead atoms. The van der Waals surface area contributed by atoms with Crippen molar-refractivity contribution in [3.05, 3.63) is 71.4 Å². The molecule has 2 atom stereocenters. The van der Waals surface area contributed by atoms with Crippen LogP contribution in [-0.2, 0) is 11.2 Å². The Morgan fingerprint density at radius 2 is 1.87 bits per heavy atom. The van der Waals surface area contributed by atoms with Crippen LogP contribution in [0.25, 0.3) is 10.9 Å². The number of amides is 2. The number of nitrogens with one attached hydrogen (secondary N) is 3. The molecule has 2 aromatic carbocycles. The Morgan fingerprint density at radius 1 is 1.13 bits per heavy atom. The van der Waals surface area contributed by atoms with Crippen LogP contribution >= 0.6 is 0 Å². The molecule has 1 fully saturated rings. The Kier molecular flexibility index (Phi) is 5.54. The molecule has 0 radical (unpaired) electrons. The normalized spacial score (nSPS) is 23.5. The summed E-state index contributed by atoms with van der Waals surface area (Å²) in [6, 6.07) is 14.4.